The molecule has 12 heavy (non-hydrogen) atoms. The summed E-state index contributed by atoms with van der Waals surface area (Å²) in [5.74, 6) is -0.0984. The summed E-state index contributed by atoms with van der Waals surface area (Å²) in [5.41, 5.74) is 10.4. The highest BCUT2D eigenvalue weighted by Crippen LogP contribution is 2.09. The van der Waals surface area contributed by atoms with Crippen LogP contribution < -0.4 is 16.8 Å². The van der Waals surface area contributed by atoms with Crippen molar-refractivity contribution in [3.8, 4) is 0 Å². The van der Waals surface area contributed by atoms with E-state index in [-0.39, 0.29) is 11.5 Å². The molecule has 0 aliphatic heterocycles. The molecule has 64 valence electrons. The van der Waals surface area contributed by atoms with Gasteiger partial charge in [-0.15, -0.1) is 0 Å². The quantitative estimate of drug-likeness (QED) is 0.534. The Morgan fingerprint density at radius 3 is 2.83 bits per heavy atom. The number of aromatic nitrogens is 2. The molecule has 5 N–H and O–H groups in total. The fourth-order valence-electron chi connectivity index (χ4n) is 0.757. The Morgan fingerprint density at radius 1 is 1.67 bits per heavy atom. The Hall–Kier alpha value is -1.85. The lowest BCUT2D eigenvalue weighted by Crippen LogP contribution is -2.17. The van der Waals surface area contributed by atoms with Crippen molar-refractivity contribution >= 4 is 17.5 Å². The molecule has 0 unspecified atom stereocenters. The summed E-state index contributed by atoms with van der Waals surface area (Å²) in [6, 6.07) is 0. The maximum absolute atomic E-state index is 10.7. The molecule has 1 aromatic heterocycles. The predicted octanol–water partition coefficient (Wildman–Crippen LogP) is -0.801. The molecule has 0 fully saturated rings. The Morgan fingerprint density at radius 2 is 2.33 bits per heavy atom. The van der Waals surface area contributed by atoms with Gasteiger partial charge in [0.15, 0.2) is 11.5 Å². The molecule has 1 aromatic rings. The Balaban J connectivity index is 3.20. The van der Waals surface area contributed by atoms with Crippen LogP contribution in [0.15, 0.2) is 6.20 Å². The zero-order valence-electron chi connectivity index (χ0n) is 6.53. The number of carbonyl (C=O) groups is 1. The summed E-state index contributed by atoms with van der Waals surface area (Å²) in [5, 5.41) is 2.66. The monoisotopic (exact) mass is 167 g/mol. The van der Waals surface area contributed by atoms with Gasteiger partial charge in [0.05, 0.1) is 6.20 Å². The summed E-state index contributed by atoms with van der Waals surface area (Å²) in [7, 11) is 1.61. The van der Waals surface area contributed by atoms with Gasteiger partial charge in [0.2, 0.25) is 0 Å². The first-order valence-corrected chi connectivity index (χ1v) is 3.25. The number of nitrogen functional groups attached to an aromatic ring is 1. The van der Waals surface area contributed by atoms with Crippen LogP contribution in [-0.4, -0.2) is 22.9 Å². The number of hydrogen-bond donors (Lipinski definition) is 3. The summed E-state index contributed by atoms with van der Waals surface area (Å²) >= 11 is 0. The van der Waals surface area contributed by atoms with Crippen molar-refractivity contribution in [3.05, 3.63) is 11.9 Å². The summed E-state index contributed by atoms with van der Waals surface area (Å²) < 4.78 is 0. The van der Waals surface area contributed by atoms with Crippen molar-refractivity contribution in [1.29, 1.82) is 0 Å². The zero-order valence-corrected chi connectivity index (χ0v) is 6.53. The molecule has 0 aliphatic carbocycles. The van der Waals surface area contributed by atoms with Crippen molar-refractivity contribution in [2.75, 3.05) is 18.1 Å². The van der Waals surface area contributed by atoms with Crippen LogP contribution in [0, 0.1) is 0 Å². The van der Waals surface area contributed by atoms with Gasteiger partial charge in [-0.3, -0.25) is 4.79 Å². The highest BCUT2D eigenvalue weighted by atomic mass is 16.1. The average molecular weight is 167 g/mol. The number of nitrogens with one attached hydrogen (secondary N) is 1. The molecule has 1 amide bonds. The van der Waals surface area contributed by atoms with Gasteiger partial charge in [-0.1, -0.05) is 0 Å². The van der Waals surface area contributed by atoms with Gasteiger partial charge in [-0.2, -0.15) is 0 Å². The average Bonchev–Trinajstić information content (AvgIpc) is 2.03. The highest BCUT2D eigenvalue weighted by molar-refractivity contribution is 5.95. The van der Waals surface area contributed by atoms with E-state index in [1.54, 1.807) is 7.05 Å². The van der Waals surface area contributed by atoms with E-state index in [1.165, 1.54) is 6.20 Å². The molecule has 0 spiro atoms. The van der Waals surface area contributed by atoms with Crippen LogP contribution in [-0.2, 0) is 0 Å². The van der Waals surface area contributed by atoms with Gasteiger partial charge >= 0.3 is 0 Å². The van der Waals surface area contributed by atoms with E-state index in [0.29, 0.717) is 5.82 Å². The molecule has 1 heterocycles. The van der Waals surface area contributed by atoms with E-state index in [0.717, 1.165) is 0 Å². The molecule has 6 heteroatoms. The van der Waals surface area contributed by atoms with E-state index in [4.69, 9.17) is 11.5 Å². The lowest BCUT2D eigenvalue weighted by molar-refractivity contribution is 0.0996. The second kappa shape index (κ2) is 3.04. The summed E-state index contributed by atoms with van der Waals surface area (Å²) in [6.45, 7) is 0. The number of amides is 1. The van der Waals surface area contributed by atoms with E-state index < -0.39 is 5.91 Å². The van der Waals surface area contributed by atoms with E-state index in [9.17, 15) is 4.79 Å². The first-order chi connectivity index (χ1) is 5.65. The van der Waals surface area contributed by atoms with Gasteiger partial charge < -0.3 is 16.8 Å². The molecular weight excluding hydrogens is 158 g/mol. The normalized spacial score (nSPS) is 9.42. The van der Waals surface area contributed by atoms with Crippen molar-refractivity contribution in [3.63, 3.8) is 0 Å². The predicted molar refractivity (Wildman–Crippen MR) is 44.5 cm³/mol. The molecule has 0 aromatic carbocycles. The van der Waals surface area contributed by atoms with E-state index in [1.807, 2.05) is 0 Å². The minimum absolute atomic E-state index is 0.0895. The Bertz CT molecular complexity index is 311. The standard InChI is InChI=1S/C6H9N5O/c1-9-6-4(5(8)12)10-2-3(7)11-6/h2H,1H3,(H2,8,12)(H3,7,9,11). The van der Waals surface area contributed by atoms with Gasteiger partial charge in [0.25, 0.3) is 5.91 Å². The number of hydrogen-bond acceptors (Lipinski definition) is 5. The molecule has 1 rings (SSSR count). The third kappa shape index (κ3) is 1.42. The van der Waals surface area contributed by atoms with Gasteiger partial charge in [-0.25, -0.2) is 9.97 Å². The first-order valence-electron chi connectivity index (χ1n) is 3.25. The molecule has 0 radical (unpaired) electrons. The molecule has 0 bridgehead atoms. The topological polar surface area (TPSA) is 107 Å². The minimum Gasteiger partial charge on any atom is -0.382 e. The number of primary amides is 1. The molecule has 0 saturated heterocycles. The number of rotatable bonds is 2. The van der Waals surface area contributed by atoms with E-state index >= 15 is 0 Å². The molecule has 6 nitrogen and oxygen atoms in total. The van der Waals surface area contributed by atoms with Crippen molar-refractivity contribution in [2.24, 2.45) is 5.73 Å². The van der Waals surface area contributed by atoms with Crippen LogP contribution in [0.3, 0.4) is 0 Å². The van der Waals surface area contributed by atoms with Crippen LogP contribution in [0.4, 0.5) is 11.6 Å². The number of carbonyl (C=O) groups excluding carboxylic acids is 1. The van der Waals surface area contributed by atoms with Gasteiger partial charge in [0.1, 0.15) is 5.82 Å². The van der Waals surface area contributed by atoms with Crippen LogP contribution in [0.5, 0.6) is 0 Å². The molecule has 0 saturated carbocycles. The molecule has 0 aliphatic rings. The van der Waals surface area contributed by atoms with Crippen LogP contribution >= 0.6 is 0 Å². The lowest BCUT2D eigenvalue weighted by Gasteiger charge is -2.03. The van der Waals surface area contributed by atoms with Crippen LogP contribution in [0.25, 0.3) is 0 Å². The van der Waals surface area contributed by atoms with E-state index in [2.05, 4.69) is 15.3 Å². The first kappa shape index (κ1) is 8.25. The van der Waals surface area contributed by atoms with Crippen molar-refractivity contribution < 1.29 is 4.79 Å². The lowest BCUT2D eigenvalue weighted by atomic mass is 10.4. The third-order valence-corrected chi connectivity index (χ3v) is 1.26. The maximum Gasteiger partial charge on any atom is 0.271 e. The number of nitrogens with two attached hydrogens (primary N) is 2. The van der Waals surface area contributed by atoms with Crippen LogP contribution in [0.2, 0.25) is 0 Å². The van der Waals surface area contributed by atoms with Crippen molar-refractivity contribution in [2.45, 2.75) is 0 Å². The number of anilines is 2. The SMILES string of the molecule is CNc1nc(N)cnc1C(N)=O. The fraction of sp³-hybridized carbons (Fsp3) is 0.167. The largest absolute Gasteiger partial charge is 0.382 e. The van der Waals surface area contributed by atoms with Gasteiger partial charge in [-0.05, 0) is 0 Å². The maximum atomic E-state index is 10.7. The van der Waals surface area contributed by atoms with Gasteiger partial charge in [0, 0.05) is 7.05 Å². The highest BCUT2D eigenvalue weighted by Gasteiger charge is 2.09. The van der Waals surface area contributed by atoms with Crippen LogP contribution in [0.1, 0.15) is 10.5 Å². The summed E-state index contributed by atoms with van der Waals surface area (Å²) in [6.07, 6.45) is 1.28. The second-order valence-electron chi connectivity index (χ2n) is 2.11. The third-order valence-electron chi connectivity index (χ3n) is 1.26. The Kier molecular flexibility index (Phi) is 2.09. The smallest absolute Gasteiger partial charge is 0.271 e. The second-order valence-corrected chi connectivity index (χ2v) is 2.11. The summed E-state index contributed by atoms with van der Waals surface area (Å²) in [4.78, 5) is 18.3. The minimum atomic E-state index is -0.633. The fourth-order valence-corrected chi connectivity index (χ4v) is 0.757. The zero-order chi connectivity index (χ0) is 9.14. The number of nitrogens with zero attached hydrogens (tertiary/aromatic N) is 2. The molecular formula is C6H9N5O. The Labute approximate surface area is 69.0 Å². The van der Waals surface area contributed by atoms with Crippen molar-refractivity contribution in [1.82, 2.24) is 9.97 Å². The molecule has 0 atom stereocenters.